The Morgan fingerprint density at radius 2 is 1.82 bits per heavy atom. The van der Waals surface area contributed by atoms with E-state index >= 15 is 0 Å². The molecule has 0 aliphatic carbocycles. The number of ether oxygens (including phenoxy) is 2. The van der Waals surface area contributed by atoms with Gasteiger partial charge in [0.05, 0.1) is 16.9 Å². The van der Waals surface area contributed by atoms with Crippen LogP contribution in [0, 0.1) is 10.1 Å². The van der Waals surface area contributed by atoms with Crippen LogP contribution in [0.3, 0.4) is 0 Å². The normalized spacial score (nSPS) is 14.1. The molecule has 0 spiro atoms. The molecule has 2 amide bonds. The molecule has 200 valence electrons. The van der Waals surface area contributed by atoms with Gasteiger partial charge in [0.15, 0.2) is 11.5 Å². The van der Waals surface area contributed by atoms with Crippen LogP contribution in [0.5, 0.6) is 11.5 Å². The number of carbonyl (C=O) groups excluding carboxylic acids is 2. The molecule has 1 saturated heterocycles. The van der Waals surface area contributed by atoms with Gasteiger partial charge in [-0.3, -0.25) is 24.6 Å². The van der Waals surface area contributed by atoms with Gasteiger partial charge in [0.25, 0.3) is 16.8 Å². The lowest BCUT2D eigenvalue weighted by atomic mass is 10.0. The monoisotopic (exact) mass is 544 g/mol. The topological polar surface area (TPSA) is 99.0 Å². The summed E-state index contributed by atoms with van der Waals surface area (Å²) in [6, 6.07) is 19.8. The van der Waals surface area contributed by atoms with E-state index < -0.39 is 4.92 Å². The Labute approximate surface area is 231 Å². The summed E-state index contributed by atoms with van der Waals surface area (Å²) in [5, 5.41) is 10.8. The number of allylic oxidation sites excluding steroid dienone is 1. The fourth-order valence-electron chi connectivity index (χ4n) is 4.23. The van der Waals surface area contributed by atoms with E-state index in [1.165, 1.54) is 24.1 Å². The van der Waals surface area contributed by atoms with Crippen molar-refractivity contribution < 1.29 is 24.0 Å². The van der Waals surface area contributed by atoms with E-state index in [2.05, 4.69) is 6.58 Å². The van der Waals surface area contributed by atoms with Crippen molar-refractivity contribution in [1.29, 1.82) is 0 Å². The summed E-state index contributed by atoms with van der Waals surface area (Å²) >= 11 is 0.922. The second-order valence-electron chi connectivity index (χ2n) is 8.84. The van der Waals surface area contributed by atoms with E-state index in [1.54, 1.807) is 30.4 Å². The molecule has 0 radical (unpaired) electrons. The van der Waals surface area contributed by atoms with Crippen molar-refractivity contribution in [3.8, 4) is 11.5 Å². The predicted octanol–water partition coefficient (Wildman–Crippen LogP) is 6.58. The lowest BCUT2D eigenvalue weighted by Gasteiger charge is -2.16. The largest absolute Gasteiger partial charge is 0.493 e. The van der Waals surface area contributed by atoms with Crippen molar-refractivity contribution in [2.24, 2.45) is 0 Å². The first-order valence-electron chi connectivity index (χ1n) is 12.4. The minimum absolute atomic E-state index is 0.0151. The summed E-state index contributed by atoms with van der Waals surface area (Å²) < 4.78 is 11.6. The van der Waals surface area contributed by atoms with Gasteiger partial charge in [-0.15, -0.1) is 6.58 Å². The Morgan fingerprint density at radius 1 is 1.05 bits per heavy atom. The maximum absolute atomic E-state index is 13.0. The van der Waals surface area contributed by atoms with Gasteiger partial charge in [-0.25, -0.2) is 0 Å². The highest BCUT2D eigenvalue weighted by Crippen LogP contribution is 2.37. The van der Waals surface area contributed by atoms with Crippen LogP contribution in [0.4, 0.5) is 10.5 Å². The van der Waals surface area contributed by atoms with E-state index in [1.807, 2.05) is 36.4 Å². The van der Waals surface area contributed by atoms with Gasteiger partial charge in [-0.2, -0.15) is 0 Å². The van der Waals surface area contributed by atoms with E-state index in [0.717, 1.165) is 29.3 Å². The average Bonchev–Trinajstić information content (AvgIpc) is 3.20. The van der Waals surface area contributed by atoms with Crippen molar-refractivity contribution in [3.05, 3.63) is 117 Å². The number of hydrogen-bond acceptors (Lipinski definition) is 7. The minimum atomic E-state index is -0.451. The molecule has 0 unspecified atom stereocenters. The molecule has 1 aliphatic rings. The van der Waals surface area contributed by atoms with Crippen LogP contribution in [0.2, 0.25) is 0 Å². The highest BCUT2D eigenvalue weighted by atomic mass is 32.2. The number of thioether (sulfide) groups is 1. The Balaban J connectivity index is 1.51. The highest BCUT2D eigenvalue weighted by Gasteiger charge is 2.34. The number of rotatable bonds is 12. The van der Waals surface area contributed by atoms with E-state index in [9.17, 15) is 19.7 Å². The summed E-state index contributed by atoms with van der Waals surface area (Å²) in [6.07, 6.45) is 5.33. The molecule has 8 nitrogen and oxygen atoms in total. The SMILES string of the molecule is C=CCc1cc(/C=C2/SC(=O)N(CCCc3ccccc3)C2=O)cc(OC)c1OCc1cccc([N+](=O)[O-])c1. The average molecular weight is 545 g/mol. The standard InChI is InChI=1S/C30H28N2O6S/c1-3-9-24-16-23(18-26(37-2)28(24)38-20-22-12-7-14-25(17-22)32(35)36)19-27-29(33)31(30(34)39-27)15-8-13-21-10-5-4-6-11-21/h3-7,10-12,14,16-19H,1,8-9,13,15,20H2,2H3/b27-19+. The predicted molar refractivity (Wildman–Crippen MR) is 152 cm³/mol. The quantitative estimate of drug-likeness (QED) is 0.110. The van der Waals surface area contributed by atoms with Crippen molar-refractivity contribution in [1.82, 2.24) is 4.90 Å². The summed E-state index contributed by atoms with van der Waals surface area (Å²) in [5.41, 5.74) is 3.23. The number of nitro benzene ring substituents is 1. The highest BCUT2D eigenvalue weighted by molar-refractivity contribution is 8.18. The van der Waals surface area contributed by atoms with Gasteiger partial charge in [-0.1, -0.05) is 48.5 Å². The number of methoxy groups -OCH3 is 1. The first kappa shape index (κ1) is 27.7. The van der Waals surface area contributed by atoms with E-state index in [-0.39, 0.29) is 23.4 Å². The minimum Gasteiger partial charge on any atom is -0.493 e. The van der Waals surface area contributed by atoms with Gasteiger partial charge in [-0.05, 0) is 65.9 Å². The van der Waals surface area contributed by atoms with Crippen LogP contribution < -0.4 is 9.47 Å². The number of hydrogen-bond donors (Lipinski definition) is 0. The van der Waals surface area contributed by atoms with Crippen LogP contribution in [0.25, 0.3) is 6.08 Å². The lowest BCUT2D eigenvalue weighted by molar-refractivity contribution is -0.384. The van der Waals surface area contributed by atoms with Crippen LogP contribution >= 0.6 is 11.8 Å². The molecule has 39 heavy (non-hydrogen) atoms. The molecule has 3 aromatic carbocycles. The van der Waals surface area contributed by atoms with Crippen LogP contribution in [-0.2, 0) is 24.2 Å². The third-order valence-electron chi connectivity index (χ3n) is 6.10. The molecule has 4 rings (SSSR count). The van der Waals surface area contributed by atoms with Gasteiger partial charge < -0.3 is 9.47 Å². The zero-order valence-corrected chi connectivity index (χ0v) is 22.3. The first-order valence-corrected chi connectivity index (χ1v) is 13.2. The number of nitrogens with zero attached hydrogens (tertiary/aromatic N) is 2. The van der Waals surface area contributed by atoms with Crippen molar-refractivity contribution >= 4 is 34.7 Å². The number of nitro groups is 1. The number of imide groups is 1. The Kier molecular flexibility index (Phi) is 9.17. The maximum atomic E-state index is 13.0. The molecule has 1 aliphatic heterocycles. The maximum Gasteiger partial charge on any atom is 0.293 e. The van der Waals surface area contributed by atoms with Crippen molar-refractivity contribution in [2.45, 2.75) is 25.9 Å². The van der Waals surface area contributed by atoms with Crippen LogP contribution in [-0.4, -0.2) is 34.6 Å². The zero-order valence-electron chi connectivity index (χ0n) is 21.5. The van der Waals surface area contributed by atoms with Crippen molar-refractivity contribution in [3.63, 3.8) is 0 Å². The number of benzene rings is 3. The third kappa shape index (κ3) is 6.94. The summed E-state index contributed by atoms with van der Waals surface area (Å²) in [4.78, 5) is 37.9. The second-order valence-corrected chi connectivity index (χ2v) is 9.84. The summed E-state index contributed by atoms with van der Waals surface area (Å²) in [5.74, 6) is 0.608. The Morgan fingerprint density at radius 3 is 2.54 bits per heavy atom. The number of aryl methyl sites for hydroxylation is 1. The Bertz CT molecular complexity index is 1420. The summed E-state index contributed by atoms with van der Waals surface area (Å²) in [6.45, 7) is 4.27. The molecule has 0 bridgehead atoms. The molecule has 1 fully saturated rings. The smallest absolute Gasteiger partial charge is 0.293 e. The lowest BCUT2D eigenvalue weighted by Crippen LogP contribution is -2.29. The zero-order chi connectivity index (χ0) is 27.8. The number of non-ortho nitro benzene ring substituents is 1. The van der Waals surface area contributed by atoms with Gasteiger partial charge in [0.1, 0.15) is 6.61 Å². The van der Waals surface area contributed by atoms with Gasteiger partial charge >= 0.3 is 0 Å². The molecule has 3 aromatic rings. The number of amides is 2. The van der Waals surface area contributed by atoms with Crippen LogP contribution in [0.1, 0.15) is 28.7 Å². The second kappa shape index (κ2) is 12.9. The first-order chi connectivity index (χ1) is 18.9. The van der Waals surface area contributed by atoms with Gasteiger partial charge in [0, 0.05) is 24.2 Å². The van der Waals surface area contributed by atoms with Crippen molar-refractivity contribution in [2.75, 3.05) is 13.7 Å². The molecular weight excluding hydrogens is 516 g/mol. The van der Waals surface area contributed by atoms with E-state index in [0.29, 0.717) is 46.9 Å². The fourth-order valence-corrected chi connectivity index (χ4v) is 5.10. The fraction of sp³-hybridized carbons (Fsp3) is 0.200. The molecule has 0 N–H and O–H groups in total. The van der Waals surface area contributed by atoms with Gasteiger partial charge in [0.2, 0.25) is 0 Å². The third-order valence-corrected chi connectivity index (χ3v) is 7.01. The number of carbonyl (C=O) groups is 2. The molecule has 0 atom stereocenters. The molecular formula is C30H28N2O6S. The molecule has 0 aromatic heterocycles. The molecule has 1 heterocycles. The molecule has 0 saturated carbocycles. The molecule has 9 heteroatoms. The van der Waals surface area contributed by atoms with E-state index in [4.69, 9.17) is 9.47 Å². The Hall–Kier alpha value is -4.37. The van der Waals surface area contributed by atoms with Crippen LogP contribution in [0.15, 0.2) is 84.3 Å². The summed E-state index contributed by atoms with van der Waals surface area (Å²) in [7, 11) is 1.51.